The third-order valence-electron chi connectivity index (χ3n) is 4.69. The van der Waals surface area contributed by atoms with Crippen LogP contribution in [-0.2, 0) is 11.3 Å². The number of rotatable bonds is 8. The van der Waals surface area contributed by atoms with Crippen LogP contribution in [0.15, 0.2) is 59.7 Å². The summed E-state index contributed by atoms with van der Waals surface area (Å²) in [6, 6.07) is 16.0. The van der Waals surface area contributed by atoms with Gasteiger partial charge in [0.2, 0.25) is 17.8 Å². The maximum atomic E-state index is 10.8. The van der Waals surface area contributed by atoms with Crippen LogP contribution in [0.4, 0.5) is 23.5 Å². The van der Waals surface area contributed by atoms with Gasteiger partial charge < -0.3 is 15.0 Å². The van der Waals surface area contributed by atoms with Crippen molar-refractivity contribution < 1.29 is 9.66 Å². The van der Waals surface area contributed by atoms with E-state index in [1.165, 1.54) is 12.1 Å². The number of nitrogens with zero attached hydrogens (tertiary/aromatic N) is 6. The molecule has 1 fully saturated rings. The lowest BCUT2D eigenvalue weighted by molar-refractivity contribution is -0.384. The number of nitro groups is 1. The average molecular weight is 434 g/mol. The maximum absolute atomic E-state index is 10.8. The van der Waals surface area contributed by atoms with Crippen LogP contribution >= 0.6 is 0 Å². The minimum absolute atomic E-state index is 0.0249. The molecule has 0 saturated carbocycles. The standard InChI is InChI=1S/C21H22N8O3/c30-29(31)18-8-6-17(7-9-18)15-23-27-20-24-19(22-14-16-4-2-1-3-5-16)25-21(26-20)28-10-12-32-13-11-28/h1-9,15H,10-14H2,(H2,22,24,25,26,27). The number of ether oxygens (including phenoxy) is 1. The zero-order valence-corrected chi connectivity index (χ0v) is 17.2. The minimum Gasteiger partial charge on any atom is -0.378 e. The second-order valence-corrected chi connectivity index (χ2v) is 6.94. The molecule has 0 unspecified atom stereocenters. The highest BCUT2D eigenvalue weighted by molar-refractivity contribution is 5.80. The normalized spacial score (nSPS) is 13.8. The molecule has 0 atom stereocenters. The second kappa shape index (κ2) is 10.3. The van der Waals surface area contributed by atoms with Crippen LogP contribution in [0, 0.1) is 10.1 Å². The highest BCUT2D eigenvalue weighted by atomic mass is 16.6. The summed E-state index contributed by atoms with van der Waals surface area (Å²) in [4.78, 5) is 25.8. The van der Waals surface area contributed by atoms with E-state index in [9.17, 15) is 10.1 Å². The fraction of sp³-hybridized carbons (Fsp3) is 0.238. The fourth-order valence-corrected chi connectivity index (χ4v) is 3.02. The van der Waals surface area contributed by atoms with E-state index in [2.05, 4.69) is 30.8 Å². The zero-order chi connectivity index (χ0) is 22.2. The van der Waals surface area contributed by atoms with Gasteiger partial charge in [-0.2, -0.15) is 20.1 Å². The SMILES string of the molecule is O=[N+]([O-])c1ccc(C=NNc2nc(NCc3ccccc3)nc(N3CCOCC3)n2)cc1. The molecule has 0 radical (unpaired) electrons. The van der Waals surface area contributed by atoms with Gasteiger partial charge in [-0.25, -0.2) is 5.43 Å². The first kappa shape index (κ1) is 21.1. The lowest BCUT2D eigenvalue weighted by Gasteiger charge is -2.27. The molecule has 164 valence electrons. The molecule has 2 N–H and O–H groups in total. The monoisotopic (exact) mass is 434 g/mol. The number of aromatic nitrogens is 3. The van der Waals surface area contributed by atoms with Gasteiger partial charge in [-0.15, -0.1) is 0 Å². The Morgan fingerprint density at radius 1 is 1.03 bits per heavy atom. The zero-order valence-electron chi connectivity index (χ0n) is 17.2. The van der Waals surface area contributed by atoms with Crippen LogP contribution in [0.1, 0.15) is 11.1 Å². The van der Waals surface area contributed by atoms with E-state index < -0.39 is 4.92 Å². The lowest BCUT2D eigenvalue weighted by atomic mass is 10.2. The molecule has 0 bridgehead atoms. The number of non-ortho nitro benzene ring substituents is 1. The van der Waals surface area contributed by atoms with Crippen molar-refractivity contribution in [3.05, 3.63) is 75.8 Å². The van der Waals surface area contributed by atoms with Gasteiger partial charge in [-0.3, -0.25) is 10.1 Å². The van der Waals surface area contributed by atoms with Crippen molar-refractivity contribution in [1.82, 2.24) is 15.0 Å². The van der Waals surface area contributed by atoms with Gasteiger partial charge in [0.05, 0.1) is 24.4 Å². The summed E-state index contributed by atoms with van der Waals surface area (Å²) in [5.74, 6) is 1.25. The topological polar surface area (TPSA) is 131 Å². The molecule has 0 aliphatic carbocycles. The first-order chi connectivity index (χ1) is 15.7. The van der Waals surface area contributed by atoms with Crippen molar-refractivity contribution in [3.63, 3.8) is 0 Å². The van der Waals surface area contributed by atoms with Crippen molar-refractivity contribution >= 4 is 29.7 Å². The summed E-state index contributed by atoms with van der Waals surface area (Å²) in [5.41, 5.74) is 4.65. The first-order valence-electron chi connectivity index (χ1n) is 10.1. The Hall–Kier alpha value is -4.12. The highest BCUT2D eigenvalue weighted by Crippen LogP contribution is 2.16. The molecule has 0 amide bonds. The molecule has 1 saturated heterocycles. The van der Waals surface area contributed by atoms with Gasteiger partial charge in [-0.05, 0) is 23.3 Å². The molecule has 32 heavy (non-hydrogen) atoms. The number of hydrazone groups is 1. The third kappa shape index (κ3) is 5.73. The van der Waals surface area contributed by atoms with Crippen LogP contribution in [0.3, 0.4) is 0 Å². The van der Waals surface area contributed by atoms with Crippen molar-refractivity contribution in [1.29, 1.82) is 0 Å². The highest BCUT2D eigenvalue weighted by Gasteiger charge is 2.16. The quantitative estimate of drug-likeness (QED) is 0.312. The van der Waals surface area contributed by atoms with Gasteiger partial charge in [0.1, 0.15) is 0 Å². The number of nitro benzene ring substituents is 1. The molecule has 11 nitrogen and oxygen atoms in total. The smallest absolute Gasteiger partial charge is 0.269 e. The molecule has 1 aromatic heterocycles. The van der Waals surface area contributed by atoms with Gasteiger partial charge in [-0.1, -0.05) is 30.3 Å². The van der Waals surface area contributed by atoms with E-state index in [4.69, 9.17) is 4.74 Å². The molecule has 3 aromatic rings. The number of anilines is 3. The molecular weight excluding hydrogens is 412 g/mol. The molecule has 1 aliphatic rings. The number of nitrogens with one attached hydrogen (secondary N) is 2. The molecular formula is C21H22N8O3. The van der Waals surface area contributed by atoms with Gasteiger partial charge in [0, 0.05) is 31.8 Å². The van der Waals surface area contributed by atoms with E-state index in [1.807, 2.05) is 35.2 Å². The van der Waals surface area contributed by atoms with Crippen LogP contribution < -0.4 is 15.6 Å². The Labute approximate surface area is 184 Å². The molecule has 2 heterocycles. The van der Waals surface area contributed by atoms with Crippen LogP contribution in [-0.4, -0.2) is 52.4 Å². The van der Waals surface area contributed by atoms with E-state index in [1.54, 1.807) is 18.3 Å². The predicted molar refractivity (Wildman–Crippen MR) is 121 cm³/mol. The molecule has 0 spiro atoms. The van der Waals surface area contributed by atoms with Gasteiger partial charge >= 0.3 is 0 Å². The third-order valence-corrected chi connectivity index (χ3v) is 4.69. The summed E-state index contributed by atoms with van der Waals surface area (Å²) in [5, 5.41) is 18.2. The summed E-state index contributed by atoms with van der Waals surface area (Å²) >= 11 is 0. The van der Waals surface area contributed by atoms with Crippen molar-refractivity contribution in [2.75, 3.05) is 41.9 Å². The van der Waals surface area contributed by atoms with Crippen LogP contribution in [0.5, 0.6) is 0 Å². The Morgan fingerprint density at radius 3 is 2.47 bits per heavy atom. The van der Waals surface area contributed by atoms with Gasteiger partial charge in [0.15, 0.2) is 0 Å². The Morgan fingerprint density at radius 2 is 1.75 bits per heavy atom. The Kier molecular flexibility index (Phi) is 6.78. The predicted octanol–water partition coefficient (Wildman–Crippen LogP) is 2.67. The van der Waals surface area contributed by atoms with E-state index in [0.29, 0.717) is 50.3 Å². The summed E-state index contributed by atoms with van der Waals surface area (Å²) in [7, 11) is 0. The number of morpholine rings is 1. The summed E-state index contributed by atoms with van der Waals surface area (Å²) in [6.07, 6.45) is 1.54. The molecule has 11 heteroatoms. The minimum atomic E-state index is -0.443. The maximum Gasteiger partial charge on any atom is 0.269 e. The second-order valence-electron chi connectivity index (χ2n) is 6.94. The first-order valence-corrected chi connectivity index (χ1v) is 10.1. The molecule has 4 rings (SSSR count). The van der Waals surface area contributed by atoms with Crippen LogP contribution in [0.25, 0.3) is 0 Å². The molecule has 1 aliphatic heterocycles. The summed E-state index contributed by atoms with van der Waals surface area (Å²) < 4.78 is 5.41. The van der Waals surface area contributed by atoms with Crippen molar-refractivity contribution in [2.45, 2.75) is 6.54 Å². The largest absolute Gasteiger partial charge is 0.378 e. The average Bonchev–Trinajstić information content (AvgIpc) is 2.84. The summed E-state index contributed by atoms with van der Waals surface area (Å²) in [6.45, 7) is 3.17. The van der Waals surface area contributed by atoms with Crippen molar-refractivity contribution in [2.24, 2.45) is 5.10 Å². The number of hydrogen-bond acceptors (Lipinski definition) is 10. The Bertz CT molecular complexity index is 1070. The van der Waals surface area contributed by atoms with E-state index in [-0.39, 0.29) is 11.6 Å². The van der Waals surface area contributed by atoms with E-state index in [0.717, 1.165) is 5.56 Å². The van der Waals surface area contributed by atoms with Crippen LogP contribution in [0.2, 0.25) is 0 Å². The number of hydrogen-bond donors (Lipinski definition) is 2. The molecule has 2 aromatic carbocycles. The van der Waals surface area contributed by atoms with Gasteiger partial charge in [0.25, 0.3) is 5.69 Å². The fourth-order valence-electron chi connectivity index (χ4n) is 3.02. The number of benzene rings is 2. The van der Waals surface area contributed by atoms with Crippen molar-refractivity contribution in [3.8, 4) is 0 Å². The van der Waals surface area contributed by atoms with E-state index >= 15 is 0 Å². The lowest BCUT2D eigenvalue weighted by Crippen LogP contribution is -2.37. The Balaban J connectivity index is 1.49.